The minimum absolute atomic E-state index is 0.0236. The van der Waals surface area contributed by atoms with Gasteiger partial charge < -0.3 is 10.3 Å². The normalized spacial score (nSPS) is 11.8. The molecule has 0 radical (unpaired) electrons. The largest absolute Gasteiger partial charge is 0.343 e. The fourth-order valence-electron chi connectivity index (χ4n) is 1.80. The first kappa shape index (κ1) is 14.6. The van der Waals surface area contributed by atoms with Crippen LogP contribution in [0.15, 0.2) is 27.9 Å². The zero-order valence-corrected chi connectivity index (χ0v) is 12.1. The first-order valence-corrected chi connectivity index (χ1v) is 7.47. The van der Waals surface area contributed by atoms with Crippen LogP contribution in [0.25, 0.3) is 0 Å². The van der Waals surface area contributed by atoms with Crippen molar-refractivity contribution in [2.24, 2.45) is 5.73 Å². The van der Waals surface area contributed by atoms with E-state index in [4.69, 9.17) is 5.73 Å². The van der Waals surface area contributed by atoms with Crippen molar-refractivity contribution in [3.63, 3.8) is 0 Å². The maximum atomic E-state index is 12.3. The van der Waals surface area contributed by atoms with Crippen molar-refractivity contribution in [3.05, 3.63) is 41.0 Å². The van der Waals surface area contributed by atoms with Crippen LogP contribution < -0.4 is 10.5 Å². The molecule has 0 atom stereocenters. The third kappa shape index (κ3) is 3.03. The standard InChI is InChI=1S/C12H16N4O3S/c1-8-3-10(5-13)4-11(9(8)2)20(17,18)15-6-12-14-7-19-16-12/h3-4,7,15H,5-6,13H2,1-2H3. The lowest BCUT2D eigenvalue weighted by Gasteiger charge is -2.12. The molecular weight excluding hydrogens is 280 g/mol. The molecule has 0 fully saturated rings. The highest BCUT2D eigenvalue weighted by atomic mass is 32.2. The molecule has 8 heteroatoms. The average molecular weight is 296 g/mol. The van der Waals surface area contributed by atoms with E-state index in [1.807, 2.05) is 13.0 Å². The van der Waals surface area contributed by atoms with Crippen molar-refractivity contribution in [1.82, 2.24) is 14.9 Å². The number of aryl methyl sites for hydroxylation is 1. The van der Waals surface area contributed by atoms with E-state index in [2.05, 4.69) is 19.4 Å². The lowest BCUT2D eigenvalue weighted by atomic mass is 10.1. The number of sulfonamides is 1. The summed E-state index contributed by atoms with van der Waals surface area (Å²) in [7, 11) is -3.65. The van der Waals surface area contributed by atoms with Gasteiger partial charge in [0.2, 0.25) is 16.4 Å². The highest BCUT2D eigenvalue weighted by Crippen LogP contribution is 2.21. The van der Waals surface area contributed by atoms with Gasteiger partial charge in [0.1, 0.15) is 0 Å². The Balaban J connectivity index is 2.31. The Kier molecular flexibility index (Phi) is 4.17. The lowest BCUT2D eigenvalue weighted by Crippen LogP contribution is -2.25. The minimum atomic E-state index is -3.65. The van der Waals surface area contributed by atoms with Crippen molar-refractivity contribution in [1.29, 1.82) is 0 Å². The van der Waals surface area contributed by atoms with Gasteiger partial charge >= 0.3 is 0 Å². The van der Waals surface area contributed by atoms with Gasteiger partial charge in [-0.3, -0.25) is 0 Å². The molecule has 1 heterocycles. The topological polar surface area (TPSA) is 111 Å². The van der Waals surface area contributed by atoms with Crippen LogP contribution >= 0.6 is 0 Å². The Morgan fingerprint density at radius 3 is 2.70 bits per heavy atom. The highest BCUT2D eigenvalue weighted by Gasteiger charge is 2.19. The average Bonchev–Trinajstić information content (AvgIpc) is 2.92. The monoisotopic (exact) mass is 296 g/mol. The zero-order valence-electron chi connectivity index (χ0n) is 11.3. The molecule has 2 rings (SSSR count). The first-order chi connectivity index (χ1) is 9.44. The predicted molar refractivity (Wildman–Crippen MR) is 72.1 cm³/mol. The van der Waals surface area contributed by atoms with Gasteiger partial charge in [-0.1, -0.05) is 11.2 Å². The number of rotatable bonds is 5. The maximum Gasteiger partial charge on any atom is 0.241 e. The fourth-order valence-corrected chi connectivity index (χ4v) is 3.15. The highest BCUT2D eigenvalue weighted by molar-refractivity contribution is 7.89. The molecule has 0 aliphatic carbocycles. The van der Waals surface area contributed by atoms with Crippen LogP contribution in [0.2, 0.25) is 0 Å². The number of nitrogens with one attached hydrogen (secondary N) is 1. The van der Waals surface area contributed by atoms with Crippen molar-refractivity contribution < 1.29 is 12.9 Å². The van der Waals surface area contributed by atoms with Crippen LogP contribution in [0.3, 0.4) is 0 Å². The molecule has 0 unspecified atom stereocenters. The molecule has 0 aliphatic heterocycles. The molecule has 108 valence electrons. The van der Waals surface area contributed by atoms with E-state index >= 15 is 0 Å². The second-order valence-electron chi connectivity index (χ2n) is 4.41. The lowest BCUT2D eigenvalue weighted by molar-refractivity contribution is 0.409. The van der Waals surface area contributed by atoms with E-state index in [0.29, 0.717) is 5.56 Å². The molecule has 0 amide bonds. The molecule has 1 aromatic heterocycles. The van der Waals surface area contributed by atoms with Crippen LogP contribution in [0.5, 0.6) is 0 Å². The summed E-state index contributed by atoms with van der Waals surface area (Å²) in [6.07, 6.45) is 1.15. The summed E-state index contributed by atoms with van der Waals surface area (Å²) in [5, 5.41) is 3.55. The molecule has 0 saturated carbocycles. The number of nitrogens with two attached hydrogens (primary N) is 1. The van der Waals surface area contributed by atoms with E-state index in [-0.39, 0.29) is 23.8 Å². The minimum Gasteiger partial charge on any atom is -0.343 e. The van der Waals surface area contributed by atoms with Gasteiger partial charge in [0.25, 0.3) is 0 Å². The summed E-state index contributed by atoms with van der Waals surface area (Å²) >= 11 is 0. The smallest absolute Gasteiger partial charge is 0.241 e. The molecule has 0 bridgehead atoms. The third-order valence-electron chi connectivity index (χ3n) is 3.03. The molecule has 0 spiro atoms. The summed E-state index contributed by atoms with van der Waals surface area (Å²) in [5.41, 5.74) is 7.94. The molecular formula is C12H16N4O3S. The van der Waals surface area contributed by atoms with Crippen LogP contribution in [-0.2, 0) is 23.1 Å². The number of aromatic nitrogens is 2. The molecule has 7 nitrogen and oxygen atoms in total. The van der Waals surface area contributed by atoms with Gasteiger partial charge in [-0.05, 0) is 36.6 Å². The first-order valence-electron chi connectivity index (χ1n) is 5.99. The number of hydrogen-bond donors (Lipinski definition) is 2. The van der Waals surface area contributed by atoms with Crippen molar-refractivity contribution in [2.45, 2.75) is 31.8 Å². The van der Waals surface area contributed by atoms with Crippen LogP contribution in [0.4, 0.5) is 0 Å². The fraction of sp³-hybridized carbons (Fsp3) is 0.333. The predicted octanol–water partition coefficient (Wildman–Crippen LogP) is 0.624. The number of benzene rings is 1. The van der Waals surface area contributed by atoms with Gasteiger partial charge in [-0.2, -0.15) is 4.98 Å². The number of nitrogens with zero attached hydrogens (tertiary/aromatic N) is 2. The van der Waals surface area contributed by atoms with Crippen LogP contribution in [0, 0.1) is 13.8 Å². The molecule has 20 heavy (non-hydrogen) atoms. The third-order valence-corrected chi connectivity index (χ3v) is 4.56. The Bertz CT molecular complexity index is 696. The molecule has 1 aromatic carbocycles. The Morgan fingerprint density at radius 2 is 2.10 bits per heavy atom. The van der Waals surface area contributed by atoms with Crippen molar-refractivity contribution in [2.75, 3.05) is 0 Å². The Morgan fingerprint density at radius 1 is 1.35 bits per heavy atom. The van der Waals surface area contributed by atoms with Crippen molar-refractivity contribution in [3.8, 4) is 0 Å². The summed E-state index contributed by atoms with van der Waals surface area (Å²) in [5.74, 6) is 0.276. The van der Waals surface area contributed by atoms with Gasteiger partial charge in [0, 0.05) is 6.54 Å². The summed E-state index contributed by atoms with van der Waals surface area (Å²) in [6.45, 7) is 3.88. The maximum absolute atomic E-state index is 12.3. The second-order valence-corrected chi connectivity index (χ2v) is 6.15. The van der Waals surface area contributed by atoms with Crippen molar-refractivity contribution >= 4 is 10.0 Å². The zero-order chi connectivity index (χ0) is 14.8. The van der Waals surface area contributed by atoms with E-state index in [1.165, 1.54) is 0 Å². The van der Waals surface area contributed by atoms with E-state index in [9.17, 15) is 8.42 Å². The van der Waals surface area contributed by atoms with Crippen LogP contribution in [0.1, 0.15) is 22.5 Å². The van der Waals surface area contributed by atoms with E-state index in [0.717, 1.165) is 17.5 Å². The SMILES string of the molecule is Cc1cc(CN)cc(S(=O)(=O)NCc2ncon2)c1C. The van der Waals surface area contributed by atoms with Gasteiger partial charge in [0.05, 0.1) is 11.4 Å². The molecule has 2 aromatic rings. The van der Waals surface area contributed by atoms with E-state index < -0.39 is 10.0 Å². The Hall–Kier alpha value is -1.77. The summed E-state index contributed by atoms with van der Waals surface area (Å²) in [6, 6.07) is 3.47. The molecule has 3 N–H and O–H groups in total. The molecule has 0 saturated heterocycles. The van der Waals surface area contributed by atoms with Gasteiger partial charge in [-0.15, -0.1) is 0 Å². The summed E-state index contributed by atoms with van der Waals surface area (Å²) < 4.78 is 31.7. The van der Waals surface area contributed by atoms with Crippen LogP contribution in [-0.4, -0.2) is 18.6 Å². The van der Waals surface area contributed by atoms with Gasteiger partial charge in [0.15, 0.2) is 5.82 Å². The summed E-state index contributed by atoms with van der Waals surface area (Å²) in [4.78, 5) is 3.99. The quantitative estimate of drug-likeness (QED) is 0.837. The molecule has 0 aliphatic rings. The number of hydrogen-bond acceptors (Lipinski definition) is 6. The van der Waals surface area contributed by atoms with E-state index in [1.54, 1.807) is 13.0 Å². The van der Waals surface area contributed by atoms with Gasteiger partial charge in [-0.25, -0.2) is 13.1 Å². The second kappa shape index (κ2) is 5.70. The Labute approximate surface area is 117 Å².